The third kappa shape index (κ3) is 5.16. The van der Waals surface area contributed by atoms with E-state index in [2.05, 4.69) is 40.3 Å². The molecule has 1 heterocycles. The summed E-state index contributed by atoms with van der Waals surface area (Å²) < 4.78 is 14.3. The van der Waals surface area contributed by atoms with Gasteiger partial charge >= 0.3 is 0 Å². The Kier molecular flexibility index (Phi) is 7.30. The van der Waals surface area contributed by atoms with E-state index in [9.17, 15) is 9.18 Å². The van der Waals surface area contributed by atoms with Gasteiger partial charge in [0.2, 0.25) is 0 Å². The quantitative estimate of drug-likeness (QED) is 0.652. The zero-order valence-corrected chi connectivity index (χ0v) is 19.4. The molecular weight excluding hydrogens is 405 g/mol. The fourth-order valence-corrected chi connectivity index (χ4v) is 3.78. The molecule has 170 valence electrons. The monoisotopic (exact) mass is 437 g/mol. The third-order valence-electron chi connectivity index (χ3n) is 5.97. The van der Waals surface area contributed by atoms with Crippen molar-refractivity contribution in [3.05, 3.63) is 70.7 Å². The van der Waals surface area contributed by atoms with Crippen molar-refractivity contribution in [3.63, 3.8) is 0 Å². The van der Waals surface area contributed by atoms with Gasteiger partial charge in [-0.15, -0.1) is 0 Å². The molecule has 32 heavy (non-hydrogen) atoms. The number of rotatable bonds is 7. The van der Waals surface area contributed by atoms with Crippen molar-refractivity contribution in [2.75, 3.05) is 39.1 Å². The summed E-state index contributed by atoms with van der Waals surface area (Å²) in [5, 5.41) is 3.01. The van der Waals surface area contributed by atoms with E-state index < -0.39 is 5.82 Å². The molecule has 6 nitrogen and oxygen atoms in total. The van der Waals surface area contributed by atoms with Crippen LogP contribution in [0.15, 0.2) is 47.6 Å². The van der Waals surface area contributed by atoms with Crippen molar-refractivity contribution in [1.29, 1.82) is 0 Å². The van der Waals surface area contributed by atoms with Crippen LogP contribution in [0.3, 0.4) is 0 Å². The van der Waals surface area contributed by atoms with Crippen LogP contribution in [-0.2, 0) is 0 Å². The van der Waals surface area contributed by atoms with E-state index in [0.717, 1.165) is 24.3 Å². The number of anilines is 1. The van der Waals surface area contributed by atoms with Crippen LogP contribution in [0.4, 0.5) is 10.1 Å². The summed E-state index contributed by atoms with van der Waals surface area (Å²) in [6.45, 7) is 5.65. The highest BCUT2D eigenvalue weighted by atomic mass is 19.1. The molecule has 0 aromatic heterocycles. The summed E-state index contributed by atoms with van der Waals surface area (Å²) in [4.78, 5) is 21.5. The smallest absolute Gasteiger partial charge is 0.252 e. The van der Waals surface area contributed by atoms with Gasteiger partial charge in [-0.2, -0.15) is 0 Å². The van der Waals surface area contributed by atoms with Gasteiger partial charge in [-0.3, -0.25) is 9.79 Å². The molecule has 7 heteroatoms. The molecule has 1 fully saturated rings. The van der Waals surface area contributed by atoms with E-state index in [1.165, 1.54) is 18.3 Å². The average molecular weight is 438 g/mol. The maximum Gasteiger partial charge on any atom is 0.252 e. The summed E-state index contributed by atoms with van der Waals surface area (Å²) in [6, 6.07) is 10.8. The lowest BCUT2D eigenvalue weighted by molar-refractivity contribution is 0.0939. The number of allylic oxidation sites excluding steroid dienone is 1. The summed E-state index contributed by atoms with van der Waals surface area (Å²) in [7, 11) is 5.79. The number of halogens is 1. The van der Waals surface area contributed by atoms with Crippen LogP contribution < -0.4 is 16.0 Å². The minimum atomic E-state index is -0.395. The molecule has 0 aliphatic carbocycles. The molecule has 0 saturated carbocycles. The standard InChI is InChI=1S/C25H32FN5O/c1-16-6-7-22(31-14-23(15-31)30(4)5)11-24(16)25(32)29-17(2)18-8-19(10-21(26)9-18)20(12-27)13-28-3/h6-13,17,23H,14-15,27H2,1-5H3,(H,29,32)/b20-12+,28-13?. The Labute approximate surface area is 189 Å². The van der Waals surface area contributed by atoms with Gasteiger partial charge in [0.25, 0.3) is 5.91 Å². The highest BCUT2D eigenvalue weighted by Gasteiger charge is 2.29. The minimum Gasteiger partial charge on any atom is -0.404 e. The molecule has 1 aliphatic rings. The molecule has 1 saturated heterocycles. The molecule has 2 aromatic carbocycles. The first-order chi connectivity index (χ1) is 15.2. The maximum atomic E-state index is 14.3. The average Bonchev–Trinajstić information content (AvgIpc) is 2.71. The normalized spacial score (nSPS) is 15.8. The molecule has 2 aromatic rings. The number of likely N-dealkylation sites (N-methyl/N-ethyl adjacent to an activating group) is 1. The second kappa shape index (κ2) is 9.96. The summed E-state index contributed by atoms with van der Waals surface area (Å²) in [5.74, 6) is -0.578. The number of hydrogen-bond acceptors (Lipinski definition) is 5. The summed E-state index contributed by atoms with van der Waals surface area (Å²) in [6.07, 6.45) is 2.97. The number of carbonyl (C=O) groups excluding carboxylic acids is 1. The molecule has 0 spiro atoms. The molecule has 1 unspecified atom stereocenters. The highest BCUT2D eigenvalue weighted by molar-refractivity contribution is 6.09. The highest BCUT2D eigenvalue weighted by Crippen LogP contribution is 2.26. The maximum absolute atomic E-state index is 14.3. The molecule has 0 radical (unpaired) electrons. The SMILES string of the molecule is CN=C/C(=C\N)c1cc(F)cc(C(C)NC(=O)c2cc(N3CC(N(C)C)C3)ccc2C)c1. The lowest BCUT2D eigenvalue weighted by atomic mass is 9.99. The molecular formula is C25H32FN5O. The molecule has 0 bridgehead atoms. The van der Waals surface area contributed by atoms with Crippen molar-refractivity contribution in [1.82, 2.24) is 10.2 Å². The first-order valence-electron chi connectivity index (χ1n) is 10.7. The van der Waals surface area contributed by atoms with Crippen LogP contribution >= 0.6 is 0 Å². The van der Waals surface area contributed by atoms with Gasteiger partial charge in [0.1, 0.15) is 5.82 Å². The Bertz CT molecular complexity index is 1040. The number of nitrogens with one attached hydrogen (secondary N) is 1. The minimum absolute atomic E-state index is 0.183. The van der Waals surface area contributed by atoms with Gasteiger partial charge in [0.05, 0.1) is 6.04 Å². The number of nitrogens with two attached hydrogens (primary N) is 1. The second-order valence-corrected chi connectivity index (χ2v) is 8.50. The fourth-order valence-electron chi connectivity index (χ4n) is 3.78. The van der Waals surface area contributed by atoms with E-state index in [0.29, 0.717) is 28.3 Å². The van der Waals surface area contributed by atoms with Crippen LogP contribution in [0.5, 0.6) is 0 Å². The zero-order chi connectivity index (χ0) is 23.4. The Hall–Kier alpha value is -3.19. The number of aryl methyl sites for hydroxylation is 1. The fraction of sp³-hybridized carbons (Fsp3) is 0.360. The van der Waals surface area contributed by atoms with Crippen molar-refractivity contribution >= 4 is 23.4 Å². The number of nitrogens with zero attached hydrogens (tertiary/aromatic N) is 3. The van der Waals surface area contributed by atoms with Crippen LogP contribution in [0.2, 0.25) is 0 Å². The molecule has 1 amide bonds. The third-order valence-corrected chi connectivity index (χ3v) is 5.97. The number of carbonyl (C=O) groups is 1. The van der Waals surface area contributed by atoms with E-state index in [-0.39, 0.29) is 11.9 Å². The van der Waals surface area contributed by atoms with Crippen LogP contribution in [0.25, 0.3) is 5.57 Å². The summed E-state index contributed by atoms with van der Waals surface area (Å²) in [5.41, 5.74) is 10.1. The Morgan fingerprint density at radius 3 is 2.62 bits per heavy atom. The van der Waals surface area contributed by atoms with E-state index in [1.54, 1.807) is 13.3 Å². The predicted molar refractivity (Wildman–Crippen MR) is 130 cm³/mol. The summed E-state index contributed by atoms with van der Waals surface area (Å²) >= 11 is 0. The lowest BCUT2D eigenvalue weighted by Gasteiger charge is -2.44. The van der Waals surface area contributed by atoms with Crippen LogP contribution in [0, 0.1) is 12.7 Å². The van der Waals surface area contributed by atoms with Gasteiger partial charge < -0.3 is 20.9 Å². The first kappa shape index (κ1) is 23.5. The van der Waals surface area contributed by atoms with E-state index in [1.807, 2.05) is 32.0 Å². The molecule has 1 atom stereocenters. The van der Waals surface area contributed by atoms with Gasteiger partial charge in [0.15, 0.2) is 0 Å². The number of hydrogen-bond donors (Lipinski definition) is 2. The van der Waals surface area contributed by atoms with Gasteiger partial charge in [-0.1, -0.05) is 6.07 Å². The zero-order valence-electron chi connectivity index (χ0n) is 19.4. The van der Waals surface area contributed by atoms with Crippen molar-refractivity contribution < 1.29 is 9.18 Å². The molecule has 3 N–H and O–H groups in total. The van der Waals surface area contributed by atoms with Crippen molar-refractivity contribution in [2.24, 2.45) is 10.7 Å². The Morgan fingerprint density at radius 1 is 1.28 bits per heavy atom. The largest absolute Gasteiger partial charge is 0.404 e. The second-order valence-electron chi connectivity index (χ2n) is 8.50. The van der Waals surface area contributed by atoms with Crippen LogP contribution in [-0.4, -0.2) is 57.3 Å². The van der Waals surface area contributed by atoms with Crippen LogP contribution in [0.1, 0.15) is 40.0 Å². The number of amides is 1. The van der Waals surface area contributed by atoms with Gasteiger partial charge in [0, 0.05) is 55.4 Å². The number of benzene rings is 2. The lowest BCUT2D eigenvalue weighted by Crippen LogP contribution is -2.57. The van der Waals surface area contributed by atoms with Crippen molar-refractivity contribution in [3.8, 4) is 0 Å². The topological polar surface area (TPSA) is 74.0 Å². The first-order valence-corrected chi connectivity index (χ1v) is 10.7. The van der Waals surface area contributed by atoms with E-state index in [4.69, 9.17) is 5.73 Å². The Morgan fingerprint density at radius 2 is 2.00 bits per heavy atom. The van der Waals surface area contributed by atoms with E-state index >= 15 is 0 Å². The molecule has 3 rings (SSSR count). The van der Waals surface area contributed by atoms with Gasteiger partial charge in [-0.05, 0) is 75.0 Å². The van der Waals surface area contributed by atoms with Gasteiger partial charge in [-0.25, -0.2) is 4.39 Å². The number of aliphatic imine (C=N–C) groups is 1. The molecule has 1 aliphatic heterocycles. The predicted octanol–water partition coefficient (Wildman–Crippen LogP) is 3.38. The van der Waals surface area contributed by atoms with Crippen molar-refractivity contribution in [2.45, 2.75) is 25.9 Å². The Balaban J connectivity index is 1.78.